The Kier molecular flexibility index (Phi) is 6.43. The van der Waals surface area contributed by atoms with Crippen LogP contribution in [0.15, 0.2) is 58.7 Å². The normalized spacial score (nSPS) is 11.2. The molecule has 31 heavy (non-hydrogen) atoms. The second-order valence-corrected chi connectivity index (χ2v) is 8.06. The van der Waals surface area contributed by atoms with Crippen molar-refractivity contribution in [2.24, 2.45) is 10.2 Å². The minimum Gasteiger partial charge on any atom is -0.289 e. The van der Waals surface area contributed by atoms with E-state index in [4.69, 9.17) is 0 Å². The number of rotatable bonds is 5. The van der Waals surface area contributed by atoms with Gasteiger partial charge in [0.1, 0.15) is 5.71 Å². The maximum absolute atomic E-state index is 13.7. The van der Waals surface area contributed by atoms with Crippen LogP contribution in [0.25, 0.3) is 0 Å². The van der Waals surface area contributed by atoms with Crippen LogP contribution in [0.3, 0.4) is 0 Å². The summed E-state index contributed by atoms with van der Waals surface area (Å²) in [6.07, 6.45) is 1.50. The molecule has 0 aliphatic carbocycles. The van der Waals surface area contributed by atoms with Crippen molar-refractivity contribution < 1.29 is 9.59 Å². The van der Waals surface area contributed by atoms with Crippen molar-refractivity contribution in [3.63, 3.8) is 0 Å². The van der Waals surface area contributed by atoms with Crippen molar-refractivity contribution in [1.29, 1.82) is 0 Å². The van der Waals surface area contributed by atoms with E-state index in [9.17, 15) is 9.59 Å². The molecular weight excluding hydrogens is 384 g/mol. The van der Waals surface area contributed by atoms with Crippen LogP contribution in [-0.4, -0.2) is 17.6 Å². The second-order valence-electron chi connectivity index (χ2n) is 8.06. The van der Waals surface area contributed by atoms with Crippen molar-refractivity contribution in [3.8, 4) is 0 Å². The molecule has 0 saturated heterocycles. The highest BCUT2D eigenvalue weighted by molar-refractivity contribution is 6.23. The highest BCUT2D eigenvalue weighted by Crippen LogP contribution is 2.27. The topological polar surface area (TPSA) is 58.9 Å². The summed E-state index contributed by atoms with van der Waals surface area (Å²) < 4.78 is 0. The Balaban J connectivity index is 2.29. The molecule has 0 N–H and O–H groups in total. The maximum Gasteiger partial charge on any atom is 0.260 e. The largest absolute Gasteiger partial charge is 0.289 e. The van der Waals surface area contributed by atoms with Gasteiger partial charge in [-0.15, -0.1) is 5.10 Å². The van der Waals surface area contributed by atoms with Gasteiger partial charge in [0, 0.05) is 22.3 Å². The van der Waals surface area contributed by atoms with Crippen molar-refractivity contribution >= 4 is 17.6 Å². The van der Waals surface area contributed by atoms with E-state index >= 15 is 0 Å². The Morgan fingerprint density at radius 1 is 0.710 bits per heavy atom. The van der Waals surface area contributed by atoms with Crippen LogP contribution in [-0.2, 0) is 4.79 Å². The van der Waals surface area contributed by atoms with Crippen LogP contribution in [0.2, 0.25) is 0 Å². The molecule has 0 fully saturated rings. The molecule has 0 aliphatic heterocycles. The zero-order chi connectivity index (χ0) is 22.7. The number of carbonyl (C=O) groups is 1. The van der Waals surface area contributed by atoms with Crippen LogP contribution >= 0.6 is 0 Å². The highest BCUT2D eigenvalue weighted by atomic mass is 16.1. The summed E-state index contributed by atoms with van der Waals surface area (Å²) in [6.45, 7) is 12.0. The molecule has 4 heteroatoms. The summed E-state index contributed by atoms with van der Waals surface area (Å²) in [7, 11) is 0. The third-order valence-corrected chi connectivity index (χ3v) is 5.44. The monoisotopic (exact) mass is 410 g/mol. The molecule has 0 amide bonds. The fourth-order valence-corrected chi connectivity index (χ4v) is 4.42. The van der Waals surface area contributed by atoms with Crippen LogP contribution < -0.4 is 0 Å². The number of hydrogen-bond acceptors (Lipinski definition) is 4. The van der Waals surface area contributed by atoms with Gasteiger partial charge < -0.3 is 0 Å². The Morgan fingerprint density at radius 2 is 1.16 bits per heavy atom. The number of isocyanates is 1. The molecule has 4 nitrogen and oxygen atoms in total. The van der Waals surface area contributed by atoms with Gasteiger partial charge in [-0.1, -0.05) is 64.8 Å². The minimum atomic E-state index is -0.0733. The zero-order valence-electron chi connectivity index (χ0n) is 18.8. The number of ketones is 1. The van der Waals surface area contributed by atoms with Crippen molar-refractivity contribution in [2.75, 3.05) is 0 Å². The van der Waals surface area contributed by atoms with Crippen LogP contribution in [0.4, 0.5) is 0 Å². The highest BCUT2D eigenvalue weighted by Gasteiger charge is 2.23. The van der Waals surface area contributed by atoms with Gasteiger partial charge in [0.25, 0.3) is 6.08 Å². The second kappa shape index (κ2) is 9.03. The van der Waals surface area contributed by atoms with Gasteiger partial charge >= 0.3 is 0 Å². The number of aryl methyl sites for hydroxylation is 6. The molecule has 0 bridgehead atoms. The van der Waals surface area contributed by atoms with Crippen LogP contribution in [0, 0.1) is 41.5 Å². The summed E-state index contributed by atoms with van der Waals surface area (Å²) in [5.41, 5.74) is 9.33. The summed E-state index contributed by atoms with van der Waals surface area (Å²) in [5, 5.41) is 7.72. The average molecular weight is 411 g/mol. The Hall–Kier alpha value is -3.62. The Labute approximate surface area is 183 Å². The molecule has 0 saturated carbocycles. The summed E-state index contributed by atoms with van der Waals surface area (Å²) >= 11 is 0. The van der Waals surface area contributed by atoms with Crippen LogP contribution in [0.5, 0.6) is 0 Å². The standard InChI is InChI=1S/C27H26N2O2/c1-16-11-18(3)24(19(4)12-16)26(29-28-15-30)22-9-7-8-10-23(22)27(31)25-20(5)13-17(2)14-21(25)6/h7-14H,1-6H3/b29-26-. The molecule has 3 aromatic carbocycles. The van der Waals surface area contributed by atoms with Gasteiger partial charge in [-0.2, -0.15) is 0 Å². The number of carbonyl (C=O) groups excluding carboxylic acids is 2. The van der Waals surface area contributed by atoms with Gasteiger partial charge in [-0.25, -0.2) is 4.79 Å². The quantitative estimate of drug-likeness (QED) is 0.229. The van der Waals surface area contributed by atoms with Gasteiger partial charge in [-0.3, -0.25) is 4.79 Å². The minimum absolute atomic E-state index is 0.0733. The molecule has 3 aromatic rings. The van der Waals surface area contributed by atoms with Gasteiger partial charge in [0.15, 0.2) is 5.78 Å². The summed E-state index contributed by atoms with van der Waals surface area (Å²) in [4.78, 5) is 24.6. The van der Waals surface area contributed by atoms with E-state index in [1.54, 1.807) is 6.07 Å². The lowest BCUT2D eigenvalue weighted by molar-refractivity contribution is 0.103. The van der Waals surface area contributed by atoms with Gasteiger partial charge in [0.05, 0.1) is 0 Å². The molecule has 0 heterocycles. The lowest BCUT2D eigenvalue weighted by Crippen LogP contribution is -2.15. The molecule has 0 radical (unpaired) electrons. The Morgan fingerprint density at radius 3 is 1.65 bits per heavy atom. The first-order valence-electron chi connectivity index (χ1n) is 10.2. The molecule has 0 aliphatic rings. The van der Waals surface area contributed by atoms with Crippen LogP contribution in [0.1, 0.15) is 60.4 Å². The van der Waals surface area contributed by atoms with Crippen molar-refractivity contribution in [3.05, 3.63) is 104 Å². The first-order valence-corrected chi connectivity index (χ1v) is 10.2. The predicted octanol–water partition coefficient (Wildman–Crippen LogP) is 5.86. The third kappa shape index (κ3) is 4.45. The molecule has 156 valence electrons. The van der Waals surface area contributed by atoms with Gasteiger partial charge in [-0.05, 0) is 63.8 Å². The zero-order valence-corrected chi connectivity index (χ0v) is 18.8. The molecule has 0 unspecified atom stereocenters. The maximum atomic E-state index is 13.7. The number of benzene rings is 3. The lowest BCUT2D eigenvalue weighted by Gasteiger charge is -2.17. The molecule has 0 atom stereocenters. The van der Waals surface area contributed by atoms with E-state index in [0.717, 1.165) is 38.9 Å². The molecule has 3 rings (SSSR count). The first kappa shape index (κ1) is 22.1. The van der Waals surface area contributed by atoms with Crippen molar-refractivity contribution in [2.45, 2.75) is 41.5 Å². The SMILES string of the molecule is Cc1cc(C)c(C(=O)c2ccccc2/C(=N/N=C=O)c2c(C)cc(C)cc2C)c(C)c1. The smallest absolute Gasteiger partial charge is 0.260 e. The fourth-order valence-electron chi connectivity index (χ4n) is 4.42. The third-order valence-electron chi connectivity index (χ3n) is 5.44. The number of hydrogen-bond donors (Lipinski definition) is 0. The van der Waals surface area contributed by atoms with E-state index in [1.807, 2.05) is 71.9 Å². The van der Waals surface area contributed by atoms with E-state index in [0.29, 0.717) is 22.4 Å². The average Bonchev–Trinajstić information content (AvgIpc) is 2.69. The fraction of sp³-hybridized carbons (Fsp3) is 0.222. The predicted molar refractivity (Wildman–Crippen MR) is 125 cm³/mol. The van der Waals surface area contributed by atoms with E-state index in [2.05, 4.69) is 22.3 Å². The Bertz CT molecular complexity index is 1220. The lowest BCUT2D eigenvalue weighted by atomic mass is 9.86. The van der Waals surface area contributed by atoms with Gasteiger partial charge in [0.2, 0.25) is 0 Å². The molecular formula is C27H26N2O2. The molecule has 0 spiro atoms. The van der Waals surface area contributed by atoms with E-state index in [-0.39, 0.29) is 5.78 Å². The van der Waals surface area contributed by atoms with E-state index < -0.39 is 0 Å². The van der Waals surface area contributed by atoms with Crippen molar-refractivity contribution in [1.82, 2.24) is 0 Å². The summed E-state index contributed by atoms with van der Waals surface area (Å²) in [6, 6.07) is 15.5. The van der Waals surface area contributed by atoms with E-state index in [1.165, 1.54) is 6.08 Å². The number of nitrogens with zero attached hydrogens (tertiary/aromatic N) is 2. The summed E-state index contributed by atoms with van der Waals surface area (Å²) in [5.74, 6) is -0.0733. The molecule has 0 aromatic heterocycles. The first-order chi connectivity index (χ1) is 14.7.